The maximum Gasteiger partial charge on any atom is -0.0307 e. The van der Waals surface area contributed by atoms with Crippen molar-refractivity contribution >= 4 is 0 Å². The van der Waals surface area contributed by atoms with Crippen LogP contribution in [0.4, 0.5) is 0 Å². The van der Waals surface area contributed by atoms with E-state index < -0.39 is 0 Å². The molecule has 188 valence electrons. The van der Waals surface area contributed by atoms with Gasteiger partial charge in [-0.25, -0.2) is 0 Å². The fourth-order valence-corrected chi connectivity index (χ4v) is 3.07. The van der Waals surface area contributed by atoms with Crippen molar-refractivity contribution in [3.05, 3.63) is 70.8 Å². The summed E-state index contributed by atoms with van der Waals surface area (Å²) in [4.78, 5) is 0. The molecule has 1 fully saturated rings. The summed E-state index contributed by atoms with van der Waals surface area (Å²) < 4.78 is 0. The van der Waals surface area contributed by atoms with E-state index in [2.05, 4.69) is 104 Å². The summed E-state index contributed by atoms with van der Waals surface area (Å²) in [6.45, 7) is 17.5. The minimum atomic E-state index is 0. The zero-order chi connectivity index (χ0) is 22.1. The third-order valence-electron chi connectivity index (χ3n) is 5.36. The summed E-state index contributed by atoms with van der Waals surface area (Å²) in [6.07, 6.45) is 9.43. The Morgan fingerprint density at radius 1 is 0.531 bits per heavy atom. The lowest BCUT2D eigenvalue weighted by atomic mass is 9.84. The number of hydrogen-bond acceptors (Lipinski definition) is 0. The first-order chi connectivity index (χ1) is 13.9. The van der Waals surface area contributed by atoms with Crippen molar-refractivity contribution in [2.45, 2.75) is 123 Å². The Bertz CT molecular complexity index is 529. The van der Waals surface area contributed by atoms with Crippen LogP contribution in [0.3, 0.4) is 0 Å². The molecular weight excluding hydrogens is 384 g/mol. The van der Waals surface area contributed by atoms with Gasteiger partial charge >= 0.3 is 0 Å². The first kappa shape index (κ1) is 37.7. The SMILES string of the molecule is C.C.C.CC1CCC(C)CC1.CCC.CCc1ccc(CC)cc1.Cc1ccc(C)cc1. The Hall–Kier alpha value is -1.56. The predicted octanol–water partition coefficient (Wildman–Crippen LogP) is 11.3. The summed E-state index contributed by atoms with van der Waals surface area (Å²) in [5.74, 6) is 2.04. The second-order valence-corrected chi connectivity index (χ2v) is 8.75. The molecule has 2 aromatic rings. The zero-order valence-electron chi connectivity index (χ0n) is 20.7. The molecule has 3 rings (SSSR count). The molecule has 0 radical (unpaired) electrons. The standard InChI is InChI=1S/C10H14.C8H16.C8H10.C3H8.3CH4/c1-3-9-5-7-10(4-2)8-6-9;2*1-7-3-5-8(2)6-4-7;1-3-2;;;/h5-8H,3-4H2,1-2H3;7-8H,3-6H2,1-2H3;3-6H,1-2H3;3H2,1-2H3;3*1H4. The van der Waals surface area contributed by atoms with Gasteiger partial charge < -0.3 is 0 Å². The molecule has 0 bridgehead atoms. The minimum absolute atomic E-state index is 0. The van der Waals surface area contributed by atoms with Gasteiger partial charge in [0.1, 0.15) is 0 Å². The van der Waals surface area contributed by atoms with Gasteiger partial charge in [-0.3, -0.25) is 0 Å². The van der Waals surface area contributed by atoms with Gasteiger partial charge in [0.05, 0.1) is 0 Å². The van der Waals surface area contributed by atoms with Gasteiger partial charge in [0, 0.05) is 0 Å². The summed E-state index contributed by atoms with van der Waals surface area (Å²) in [7, 11) is 0. The van der Waals surface area contributed by atoms with Gasteiger partial charge in [-0.1, -0.05) is 156 Å². The highest BCUT2D eigenvalue weighted by Crippen LogP contribution is 2.27. The van der Waals surface area contributed by atoms with Gasteiger partial charge in [-0.2, -0.15) is 0 Å². The average Bonchev–Trinajstić information content (AvgIpc) is 2.74. The summed E-state index contributed by atoms with van der Waals surface area (Å²) >= 11 is 0. The van der Waals surface area contributed by atoms with Crippen LogP contribution in [0, 0.1) is 25.7 Å². The van der Waals surface area contributed by atoms with E-state index in [1.807, 2.05) is 0 Å². The van der Waals surface area contributed by atoms with Crippen LogP contribution in [0.5, 0.6) is 0 Å². The lowest BCUT2D eigenvalue weighted by Crippen LogP contribution is -2.08. The predicted molar refractivity (Wildman–Crippen MR) is 154 cm³/mol. The van der Waals surface area contributed by atoms with Crippen LogP contribution in [-0.2, 0) is 12.8 Å². The monoisotopic (exact) mass is 444 g/mol. The smallest absolute Gasteiger partial charge is 0.0307 e. The highest BCUT2D eigenvalue weighted by molar-refractivity contribution is 5.22. The third kappa shape index (κ3) is 20.3. The van der Waals surface area contributed by atoms with Gasteiger partial charge in [-0.15, -0.1) is 0 Å². The van der Waals surface area contributed by atoms with Gasteiger partial charge in [0.2, 0.25) is 0 Å². The van der Waals surface area contributed by atoms with E-state index in [0.29, 0.717) is 0 Å². The lowest BCUT2D eigenvalue weighted by molar-refractivity contribution is 0.308. The Balaban J connectivity index is -0.000000167. The number of rotatable bonds is 2. The second kappa shape index (κ2) is 24.1. The third-order valence-corrected chi connectivity index (χ3v) is 5.36. The highest BCUT2D eigenvalue weighted by Gasteiger charge is 2.13. The molecule has 0 heterocycles. The van der Waals surface area contributed by atoms with Crippen molar-refractivity contribution in [1.82, 2.24) is 0 Å². The number of hydrogen-bond donors (Lipinski definition) is 0. The number of aryl methyl sites for hydroxylation is 4. The Morgan fingerprint density at radius 2 is 0.750 bits per heavy atom. The van der Waals surface area contributed by atoms with Gasteiger partial charge in [0.25, 0.3) is 0 Å². The molecule has 0 amide bonds. The van der Waals surface area contributed by atoms with Crippen molar-refractivity contribution in [3.8, 4) is 0 Å². The topological polar surface area (TPSA) is 0 Å². The molecular formula is C32H60. The van der Waals surface area contributed by atoms with E-state index in [-0.39, 0.29) is 22.3 Å². The largest absolute Gasteiger partial charge is 0.0776 e. The second-order valence-electron chi connectivity index (χ2n) is 8.75. The molecule has 0 heteroatoms. The highest BCUT2D eigenvalue weighted by atomic mass is 14.2. The Labute approximate surface area is 205 Å². The van der Waals surface area contributed by atoms with Crippen LogP contribution in [0.1, 0.15) is 118 Å². The summed E-state index contributed by atoms with van der Waals surface area (Å²) in [5.41, 5.74) is 5.51. The molecule has 32 heavy (non-hydrogen) atoms. The van der Waals surface area contributed by atoms with E-state index in [1.54, 1.807) is 0 Å². The van der Waals surface area contributed by atoms with Gasteiger partial charge in [0.15, 0.2) is 0 Å². The molecule has 2 aromatic carbocycles. The van der Waals surface area contributed by atoms with E-state index >= 15 is 0 Å². The zero-order valence-corrected chi connectivity index (χ0v) is 20.7. The van der Waals surface area contributed by atoms with Gasteiger partial charge in [-0.05, 0) is 49.7 Å². The van der Waals surface area contributed by atoms with E-state index in [0.717, 1.165) is 24.7 Å². The summed E-state index contributed by atoms with van der Waals surface area (Å²) in [5, 5.41) is 0. The number of benzene rings is 2. The van der Waals surface area contributed by atoms with E-state index in [1.165, 1.54) is 54.4 Å². The molecule has 1 aliphatic carbocycles. The Kier molecular flexibility index (Phi) is 28.4. The lowest BCUT2D eigenvalue weighted by Gasteiger charge is -2.22. The van der Waals surface area contributed by atoms with Crippen molar-refractivity contribution in [2.24, 2.45) is 11.8 Å². The Morgan fingerprint density at radius 3 is 0.938 bits per heavy atom. The fraction of sp³-hybridized carbons (Fsp3) is 0.625. The van der Waals surface area contributed by atoms with Crippen molar-refractivity contribution in [1.29, 1.82) is 0 Å². The quantitative estimate of drug-likeness (QED) is 0.432. The molecule has 0 spiro atoms. The normalized spacial score (nSPS) is 15.9. The molecule has 0 aliphatic heterocycles. The van der Waals surface area contributed by atoms with Crippen LogP contribution in [0.2, 0.25) is 0 Å². The van der Waals surface area contributed by atoms with Crippen molar-refractivity contribution in [2.75, 3.05) is 0 Å². The van der Waals surface area contributed by atoms with Crippen molar-refractivity contribution < 1.29 is 0 Å². The maximum absolute atomic E-state index is 2.37. The first-order valence-corrected chi connectivity index (χ1v) is 12.0. The molecule has 0 N–H and O–H groups in total. The molecule has 1 aliphatic rings. The van der Waals surface area contributed by atoms with E-state index in [9.17, 15) is 0 Å². The molecule has 0 unspecified atom stereocenters. The molecule has 0 atom stereocenters. The first-order valence-electron chi connectivity index (χ1n) is 12.0. The van der Waals surface area contributed by atoms with Crippen LogP contribution >= 0.6 is 0 Å². The van der Waals surface area contributed by atoms with Crippen LogP contribution in [-0.4, -0.2) is 0 Å². The summed E-state index contributed by atoms with van der Waals surface area (Å²) in [6, 6.07) is 17.3. The van der Waals surface area contributed by atoms with Crippen LogP contribution in [0.25, 0.3) is 0 Å². The fourth-order valence-electron chi connectivity index (χ4n) is 3.07. The maximum atomic E-state index is 2.37. The van der Waals surface area contributed by atoms with Crippen LogP contribution < -0.4 is 0 Å². The van der Waals surface area contributed by atoms with Crippen LogP contribution in [0.15, 0.2) is 48.5 Å². The average molecular weight is 445 g/mol. The molecule has 0 saturated heterocycles. The van der Waals surface area contributed by atoms with E-state index in [4.69, 9.17) is 0 Å². The molecule has 0 nitrogen and oxygen atoms in total. The van der Waals surface area contributed by atoms with Crippen molar-refractivity contribution in [3.63, 3.8) is 0 Å². The minimum Gasteiger partial charge on any atom is -0.0776 e. The molecule has 1 saturated carbocycles. The molecule has 0 aromatic heterocycles.